The van der Waals surface area contributed by atoms with E-state index in [0.717, 1.165) is 12.0 Å². The molecule has 0 heterocycles. The molecule has 0 saturated carbocycles. The highest BCUT2D eigenvalue weighted by Gasteiger charge is 2.17. The highest BCUT2D eigenvalue weighted by molar-refractivity contribution is 5.77. The monoisotopic (exact) mass is 292 g/mol. The predicted octanol–water partition coefficient (Wildman–Crippen LogP) is 2.61. The van der Waals surface area contributed by atoms with Gasteiger partial charge in [0.1, 0.15) is 6.61 Å². The lowest BCUT2D eigenvalue weighted by Crippen LogP contribution is -2.43. The Kier molecular flexibility index (Phi) is 6.72. The summed E-state index contributed by atoms with van der Waals surface area (Å²) in [6.07, 6.45) is 0.580. The summed E-state index contributed by atoms with van der Waals surface area (Å²) in [4.78, 5) is 23.1. The number of benzene rings is 1. The van der Waals surface area contributed by atoms with Gasteiger partial charge >= 0.3 is 6.09 Å². The molecule has 0 aliphatic carbocycles. The number of ether oxygens (including phenoxy) is 1. The Labute approximate surface area is 126 Å². The van der Waals surface area contributed by atoms with Crippen molar-refractivity contribution in [2.24, 2.45) is 0 Å². The number of carbonyl (C=O) groups is 2. The SMILES string of the molecule is CCC(C)(C)NC(=O)CCNC(=O)OCc1ccccc1. The minimum atomic E-state index is -0.513. The first-order chi connectivity index (χ1) is 9.93. The van der Waals surface area contributed by atoms with Crippen molar-refractivity contribution in [1.82, 2.24) is 10.6 Å². The molecule has 0 aromatic heterocycles. The summed E-state index contributed by atoms with van der Waals surface area (Å²) in [5.74, 6) is -0.0785. The van der Waals surface area contributed by atoms with Crippen LogP contribution in [0.15, 0.2) is 30.3 Å². The van der Waals surface area contributed by atoms with Gasteiger partial charge in [0, 0.05) is 18.5 Å². The molecule has 2 amide bonds. The van der Waals surface area contributed by atoms with Crippen LogP contribution >= 0.6 is 0 Å². The van der Waals surface area contributed by atoms with Gasteiger partial charge in [-0.15, -0.1) is 0 Å². The molecule has 0 radical (unpaired) electrons. The average Bonchev–Trinajstić information content (AvgIpc) is 2.46. The summed E-state index contributed by atoms with van der Waals surface area (Å²) < 4.78 is 5.05. The summed E-state index contributed by atoms with van der Waals surface area (Å²) >= 11 is 0. The number of amides is 2. The minimum absolute atomic E-state index is 0.0785. The molecule has 0 aliphatic heterocycles. The first-order valence-corrected chi connectivity index (χ1v) is 7.18. The number of nitrogens with one attached hydrogen (secondary N) is 2. The third-order valence-corrected chi connectivity index (χ3v) is 3.20. The van der Waals surface area contributed by atoms with Crippen molar-refractivity contribution in [1.29, 1.82) is 0 Å². The van der Waals surface area contributed by atoms with E-state index in [9.17, 15) is 9.59 Å². The second-order valence-electron chi connectivity index (χ2n) is 5.52. The highest BCUT2D eigenvalue weighted by Crippen LogP contribution is 2.06. The summed E-state index contributed by atoms with van der Waals surface area (Å²) in [7, 11) is 0. The van der Waals surface area contributed by atoms with E-state index in [0.29, 0.717) is 0 Å². The fourth-order valence-electron chi connectivity index (χ4n) is 1.58. The fourth-order valence-corrected chi connectivity index (χ4v) is 1.58. The normalized spacial score (nSPS) is 10.8. The van der Waals surface area contributed by atoms with Crippen molar-refractivity contribution in [2.75, 3.05) is 6.54 Å². The first-order valence-electron chi connectivity index (χ1n) is 7.18. The van der Waals surface area contributed by atoms with Gasteiger partial charge in [-0.3, -0.25) is 4.79 Å². The predicted molar refractivity (Wildman–Crippen MR) is 81.8 cm³/mol. The second-order valence-corrected chi connectivity index (χ2v) is 5.52. The van der Waals surface area contributed by atoms with Crippen molar-refractivity contribution in [3.63, 3.8) is 0 Å². The van der Waals surface area contributed by atoms with Gasteiger partial charge in [0.2, 0.25) is 5.91 Å². The molecule has 1 aromatic carbocycles. The van der Waals surface area contributed by atoms with Gasteiger partial charge in [-0.25, -0.2) is 4.79 Å². The van der Waals surface area contributed by atoms with Crippen molar-refractivity contribution in [3.8, 4) is 0 Å². The van der Waals surface area contributed by atoms with Gasteiger partial charge in [0.25, 0.3) is 0 Å². The first kappa shape index (κ1) is 17.0. The van der Waals surface area contributed by atoms with E-state index < -0.39 is 6.09 Å². The molecule has 0 spiro atoms. The van der Waals surface area contributed by atoms with Gasteiger partial charge in [0.05, 0.1) is 0 Å². The Hall–Kier alpha value is -2.04. The summed E-state index contributed by atoms with van der Waals surface area (Å²) in [5, 5.41) is 5.47. The Bertz CT molecular complexity index is 458. The van der Waals surface area contributed by atoms with Crippen molar-refractivity contribution in [2.45, 2.75) is 45.8 Å². The molecule has 2 N–H and O–H groups in total. The van der Waals surface area contributed by atoms with E-state index in [1.165, 1.54) is 0 Å². The summed E-state index contributed by atoms with van der Waals surface area (Å²) in [5.41, 5.74) is 0.709. The van der Waals surface area contributed by atoms with E-state index in [1.54, 1.807) is 0 Å². The van der Waals surface area contributed by atoms with Gasteiger partial charge in [0.15, 0.2) is 0 Å². The molecular formula is C16H24N2O3. The van der Waals surface area contributed by atoms with Crippen molar-refractivity contribution >= 4 is 12.0 Å². The lowest BCUT2D eigenvalue weighted by atomic mass is 10.0. The molecule has 0 saturated heterocycles. The van der Waals surface area contributed by atoms with Crippen LogP contribution in [0.2, 0.25) is 0 Å². The molecular weight excluding hydrogens is 268 g/mol. The third-order valence-electron chi connectivity index (χ3n) is 3.20. The molecule has 116 valence electrons. The van der Waals surface area contributed by atoms with Crippen LogP contribution in [0.1, 0.15) is 39.2 Å². The number of carbonyl (C=O) groups excluding carboxylic acids is 2. The van der Waals surface area contributed by atoms with Crippen LogP contribution in [0, 0.1) is 0 Å². The van der Waals surface area contributed by atoms with Gasteiger partial charge in [-0.05, 0) is 25.8 Å². The molecule has 0 bridgehead atoms. The minimum Gasteiger partial charge on any atom is -0.445 e. The third kappa shape index (κ3) is 7.34. The fraction of sp³-hybridized carbons (Fsp3) is 0.500. The maximum Gasteiger partial charge on any atom is 0.407 e. The van der Waals surface area contributed by atoms with E-state index in [2.05, 4.69) is 10.6 Å². The van der Waals surface area contributed by atoms with Crippen molar-refractivity contribution < 1.29 is 14.3 Å². The number of alkyl carbamates (subject to hydrolysis) is 1. The zero-order valence-corrected chi connectivity index (χ0v) is 12.9. The summed E-state index contributed by atoms with van der Waals surface area (Å²) in [6, 6.07) is 9.44. The van der Waals surface area contributed by atoms with E-state index in [1.807, 2.05) is 51.1 Å². The smallest absolute Gasteiger partial charge is 0.407 e. The Morgan fingerprint density at radius 3 is 2.48 bits per heavy atom. The Balaban J connectivity index is 2.17. The molecule has 0 fully saturated rings. The molecule has 5 nitrogen and oxygen atoms in total. The van der Waals surface area contributed by atoms with Crippen LogP contribution in [-0.4, -0.2) is 24.1 Å². The van der Waals surface area contributed by atoms with Crippen LogP contribution < -0.4 is 10.6 Å². The van der Waals surface area contributed by atoms with Gasteiger partial charge < -0.3 is 15.4 Å². The maximum atomic E-state index is 11.7. The number of hydrogen-bond donors (Lipinski definition) is 2. The largest absolute Gasteiger partial charge is 0.445 e. The van der Waals surface area contributed by atoms with Gasteiger partial charge in [-0.2, -0.15) is 0 Å². The lowest BCUT2D eigenvalue weighted by molar-refractivity contribution is -0.122. The van der Waals surface area contributed by atoms with Gasteiger partial charge in [-0.1, -0.05) is 37.3 Å². The highest BCUT2D eigenvalue weighted by atomic mass is 16.5. The number of hydrogen-bond acceptors (Lipinski definition) is 3. The maximum absolute atomic E-state index is 11.7. The van der Waals surface area contributed by atoms with Crippen LogP contribution in [0.5, 0.6) is 0 Å². The van der Waals surface area contributed by atoms with E-state index >= 15 is 0 Å². The molecule has 0 atom stereocenters. The quantitative estimate of drug-likeness (QED) is 0.811. The molecule has 1 rings (SSSR count). The Morgan fingerprint density at radius 1 is 1.19 bits per heavy atom. The molecule has 0 unspecified atom stereocenters. The zero-order valence-electron chi connectivity index (χ0n) is 12.9. The molecule has 1 aromatic rings. The van der Waals surface area contributed by atoms with Crippen LogP contribution in [-0.2, 0) is 16.1 Å². The average molecular weight is 292 g/mol. The van der Waals surface area contributed by atoms with Crippen molar-refractivity contribution in [3.05, 3.63) is 35.9 Å². The summed E-state index contributed by atoms with van der Waals surface area (Å²) in [6.45, 7) is 6.43. The van der Waals surface area contributed by atoms with Crippen LogP contribution in [0.3, 0.4) is 0 Å². The molecule has 21 heavy (non-hydrogen) atoms. The molecule has 5 heteroatoms. The topological polar surface area (TPSA) is 67.4 Å². The molecule has 0 aliphatic rings. The number of rotatable bonds is 7. The van der Waals surface area contributed by atoms with Crippen LogP contribution in [0.25, 0.3) is 0 Å². The lowest BCUT2D eigenvalue weighted by Gasteiger charge is -2.24. The Morgan fingerprint density at radius 2 is 1.86 bits per heavy atom. The standard InChI is InChI=1S/C16H24N2O3/c1-4-16(2,3)18-14(19)10-11-17-15(20)21-12-13-8-6-5-7-9-13/h5-9H,4,10-12H2,1-3H3,(H,17,20)(H,18,19). The van der Waals surface area contributed by atoms with E-state index in [4.69, 9.17) is 4.74 Å². The van der Waals surface area contributed by atoms with Crippen LogP contribution in [0.4, 0.5) is 4.79 Å². The van der Waals surface area contributed by atoms with E-state index in [-0.39, 0.29) is 31.0 Å². The second kappa shape index (κ2) is 8.29. The zero-order chi connectivity index (χ0) is 15.7.